The quantitative estimate of drug-likeness (QED) is 0.244. The minimum Gasteiger partial charge on any atom is -0.508 e. The van der Waals surface area contributed by atoms with Crippen LogP contribution in [0.3, 0.4) is 0 Å². The van der Waals surface area contributed by atoms with Gasteiger partial charge >= 0.3 is 0 Å². The molecule has 2 heterocycles. The minimum absolute atomic E-state index is 0.0408. The van der Waals surface area contributed by atoms with Gasteiger partial charge in [0.1, 0.15) is 5.75 Å². The molecule has 5 nitrogen and oxygen atoms in total. The van der Waals surface area contributed by atoms with Crippen molar-refractivity contribution >= 4 is 0 Å². The van der Waals surface area contributed by atoms with Gasteiger partial charge in [-0.1, -0.05) is 46.2 Å². The smallest absolute Gasteiger partial charge is 0.115 e. The van der Waals surface area contributed by atoms with Crippen LogP contribution in [-0.2, 0) is 0 Å². The van der Waals surface area contributed by atoms with Gasteiger partial charge in [0.25, 0.3) is 0 Å². The molecule has 274 valence electrons. The summed E-state index contributed by atoms with van der Waals surface area (Å²) in [4.78, 5) is 2.70. The van der Waals surface area contributed by atoms with Crippen LogP contribution in [0.15, 0.2) is 24.3 Å². The Morgan fingerprint density at radius 1 is 0.857 bits per heavy atom. The minimum atomic E-state index is -0.600. The monoisotopic (exact) mass is 676 g/mol. The fraction of sp³-hybridized carbons (Fsp3) is 0.864. The second-order valence-electron chi connectivity index (χ2n) is 20.4. The Hall–Kier alpha value is -1.14. The predicted molar refractivity (Wildman–Crippen MR) is 196 cm³/mol. The van der Waals surface area contributed by atoms with Gasteiger partial charge in [0.15, 0.2) is 0 Å². The van der Waals surface area contributed by atoms with Crippen molar-refractivity contribution in [2.45, 2.75) is 154 Å². The summed E-state index contributed by atoms with van der Waals surface area (Å²) in [5, 5.41) is 46.4. The fourth-order valence-electron chi connectivity index (χ4n) is 15.1. The number of benzene rings is 1. The van der Waals surface area contributed by atoms with Gasteiger partial charge < -0.3 is 20.4 Å². The second-order valence-corrected chi connectivity index (χ2v) is 20.4. The van der Waals surface area contributed by atoms with E-state index >= 15 is 0 Å². The van der Waals surface area contributed by atoms with Crippen LogP contribution in [0.25, 0.3) is 0 Å². The third-order valence-corrected chi connectivity index (χ3v) is 17.2. The summed E-state index contributed by atoms with van der Waals surface area (Å²) < 4.78 is 0. The molecule has 1 aromatic carbocycles. The number of piperidine rings is 2. The summed E-state index contributed by atoms with van der Waals surface area (Å²) in [6.45, 7) is 14.1. The molecule has 7 aliphatic rings. The van der Waals surface area contributed by atoms with E-state index in [1.54, 1.807) is 6.07 Å². The first-order chi connectivity index (χ1) is 23.3. The van der Waals surface area contributed by atoms with Gasteiger partial charge in [-0.05, 0) is 184 Å². The van der Waals surface area contributed by atoms with Crippen molar-refractivity contribution in [1.82, 2.24) is 4.90 Å². The van der Waals surface area contributed by atoms with E-state index in [1.165, 1.54) is 44.2 Å². The highest BCUT2D eigenvalue weighted by Crippen LogP contribution is 2.71. The number of aromatic hydroxyl groups is 1. The van der Waals surface area contributed by atoms with Gasteiger partial charge in [0.05, 0.1) is 17.8 Å². The maximum atomic E-state index is 12.2. The first kappa shape index (κ1) is 34.9. The summed E-state index contributed by atoms with van der Waals surface area (Å²) in [6.07, 6.45) is 15.0. The maximum Gasteiger partial charge on any atom is 0.115 e. The van der Waals surface area contributed by atoms with Crippen molar-refractivity contribution in [3.8, 4) is 5.75 Å². The molecule has 5 heteroatoms. The molecule has 1 aromatic rings. The van der Waals surface area contributed by atoms with Crippen molar-refractivity contribution in [2.24, 2.45) is 70.0 Å². The van der Waals surface area contributed by atoms with Crippen LogP contribution < -0.4 is 0 Å². The normalized spacial score (nSPS) is 50.0. The molecule has 49 heavy (non-hydrogen) atoms. The van der Waals surface area contributed by atoms with Gasteiger partial charge in [-0.25, -0.2) is 0 Å². The molecule has 2 aliphatic heterocycles. The standard InChI is InChI=1S/C44H69NO4/c1-26(2)9-11-30(29-7-6-8-31(46)18-29)17-28-15-16-44(22-28)25-42(4)37-19-33-32(34(37)20-39(47)38(42)21-41(44)48)12-13-36-35(33)24-45-23-27(3)10-14-40(45)43(36,5)49/h6-8,18,26-28,30,32-41,46-49H,9-17,19-25H2,1-5H3/t27-,28+,30-,32+,33+,34+,35+,36-,37-,38+,39+,40-,41-,42-,43+,44-/m1/s1. The Bertz CT molecular complexity index is 1350. The van der Waals surface area contributed by atoms with Crippen LogP contribution in [0.2, 0.25) is 0 Å². The molecule has 8 rings (SSSR count). The summed E-state index contributed by atoms with van der Waals surface area (Å²) >= 11 is 0. The van der Waals surface area contributed by atoms with Crippen molar-refractivity contribution < 1.29 is 20.4 Å². The number of fused-ring (bicyclic) bond motifs is 8. The van der Waals surface area contributed by atoms with E-state index in [9.17, 15) is 20.4 Å². The highest BCUT2D eigenvalue weighted by Gasteiger charge is 2.67. The summed E-state index contributed by atoms with van der Waals surface area (Å²) in [5.41, 5.74) is 0.693. The zero-order valence-corrected chi connectivity index (χ0v) is 31.4. The first-order valence-electron chi connectivity index (χ1n) is 20.9. The molecule has 0 amide bonds. The van der Waals surface area contributed by atoms with Gasteiger partial charge in [-0.3, -0.25) is 4.90 Å². The highest BCUT2D eigenvalue weighted by molar-refractivity contribution is 5.30. The largest absolute Gasteiger partial charge is 0.508 e. The maximum absolute atomic E-state index is 12.2. The van der Waals surface area contributed by atoms with E-state index in [-0.39, 0.29) is 29.0 Å². The summed E-state index contributed by atoms with van der Waals surface area (Å²) in [5.74, 6) is 6.48. The van der Waals surface area contributed by atoms with E-state index in [0.29, 0.717) is 65.1 Å². The zero-order valence-electron chi connectivity index (χ0n) is 31.4. The lowest BCUT2D eigenvalue weighted by Gasteiger charge is -2.60. The number of aliphatic hydroxyl groups is 3. The average molecular weight is 676 g/mol. The van der Waals surface area contributed by atoms with Gasteiger partial charge in [-0.15, -0.1) is 0 Å². The number of aliphatic hydroxyl groups excluding tert-OH is 2. The lowest BCUT2D eigenvalue weighted by Crippen LogP contribution is -2.67. The van der Waals surface area contributed by atoms with Crippen molar-refractivity contribution in [3.05, 3.63) is 29.8 Å². The molecular weight excluding hydrogens is 606 g/mol. The van der Waals surface area contributed by atoms with Crippen LogP contribution in [0, 0.1) is 70.0 Å². The Morgan fingerprint density at radius 2 is 1.67 bits per heavy atom. The van der Waals surface area contributed by atoms with Crippen LogP contribution in [0.5, 0.6) is 5.75 Å². The number of phenols is 1. The lowest BCUT2D eigenvalue weighted by molar-refractivity contribution is -0.180. The highest BCUT2D eigenvalue weighted by atomic mass is 16.3. The number of hydrogen-bond acceptors (Lipinski definition) is 5. The van der Waals surface area contributed by atoms with Crippen LogP contribution >= 0.6 is 0 Å². The van der Waals surface area contributed by atoms with Gasteiger partial charge in [0, 0.05) is 19.1 Å². The van der Waals surface area contributed by atoms with Gasteiger partial charge in [-0.2, -0.15) is 0 Å². The Kier molecular flexibility index (Phi) is 9.10. The molecule has 0 radical (unpaired) electrons. The topological polar surface area (TPSA) is 84.2 Å². The first-order valence-corrected chi connectivity index (χ1v) is 20.9. The molecule has 2 saturated heterocycles. The number of rotatable bonds is 6. The average Bonchev–Trinajstić information content (AvgIpc) is 3.63. The molecule has 7 fully saturated rings. The summed E-state index contributed by atoms with van der Waals surface area (Å²) in [7, 11) is 0. The predicted octanol–water partition coefficient (Wildman–Crippen LogP) is 8.39. The van der Waals surface area contributed by atoms with Crippen LogP contribution in [0.1, 0.15) is 136 Å². The van der Waals surface area contributed by atoms with E-state index in [0.717, 1.165) is 70.3 Å². The number of hydrogen-bond donors (Lipinski definition) is 4. The molecular formula is C44H69NO4. The van der Waals surface area contributed by atoms with E-state index in [2.05, 4.69) is 45.6 Å². The van der Waals surface area contributed by atoms with Crippen LogP contribution in [0.4, 0.5) is 0 Å². The SMILES string of the molecule is CC(C)CC[C@H](C[C@@H]1CC[C@@]2(C1)C[C@]1(C)[C@@H]3C[C@H]4[C@H](CC[C@@H]5[C@H]4CN4C[C@H](C)CC[C@@H]4[C@@]5(C)O)[C@@H]3C[C@H](O)[C@@H]1C[C@H]2O)c1cccc(O)c1. The third-order valence-electron chi connectivity index (χ3n) is 17.2. The van der Waals surface area contributed by atoms with E-state index in [1.807, 2.05) is 12.1 Å². The molecule has 0 aromatic heterocycles. The number of nitrogens with zero attached hydrogens (tertiary/aromatic N) is 1. The van der Waals surface area contributed by atoms with E-state index < -0.39 is 5.60 Å². The van der Waals surface area contributed by atoms with Crippen molar-refractivity contribution in [1.29, 1.82) is 0 Å². The molecule has 5 aliphatic carbocycles. The van der Waals surface area contributed by atoms with E-state index in [4.69, 9.17) is 0 Å². The number of phenolic OH excluding ortho intramolecular Hbond substituents is 1. The molecule has 1 spiro atoms. The summed E-state index contributed by atoms with van der Waals surface area (Å²) in [6, 6.07) is 8.31. The fourth-order valence-corrected chi connectivity index (χ4v) is 15.1. The Balaban J connectivity index is 1.03. The second kappa shape index (κ2) is 12.8. The van der Waals surface area contributed by atoms with Crippen molar-refractivity contribution in [2.75, 3.05) is 13.1 Å². The molecule has 0 bridgehead atoms. The Morgan fingerprint density at radius 3 is 2.45 bits per heavy atom. The molecule has 16 atom stereocenters. The molecule has 4 N–H and O–H groups in total. The zero-order chi connectivity index (χ0) is 34.5. The molecule has 5 saturated carbocycles. The van der Waals surface area contributed by atoms with Crippen LogP contribution in [-0.4, -0.2) is 62.3 Å². The van der Waals surface area contributed by atoms with Gasteiger partial charge in [0.2, 0.25) is 0 Å². The van der Waals surface area contributed by atoms with Crippen molar-refractivity contribution in [3.63, 3.8) is 0 Å². The molecule has 0 unspecified atom stereocenters. The lowest BCUT2D eigenvalue weighted by atomic mass is 9.46. The Labute approximate surface area is 297 Å². The third kappa shape index (κ3) is 5.86.